The summed E-state index contributed by atoms with van der Waals surface area (Å²) in [6.07, 6.45) is 0.0122. The van der Waals surface area contributed by atoms with Gasteiger partial charge in [-0.05, 0) is 38.3 Å². The molecule has 1 heterocycles. The average molecular weight is 291 g/mol. The second-order valence-electron chi connectivity index (χ2n) is 6.33. The van der Waals surface area contributed by atoms with Gasteiger partial charge in [-0.3, -0.25) is 9.69 Å². The molecule has 1 aliphatic rings. The maximum Gasteiger partial charge on any atom is 0.410 e. The molecule has 5 heteroatoms. The van der Waals surface area contributed by atoms with Crippen molar-refractivity contribution in [1.29, 1.82) is 0 Å². The molecule has 0 saturated heterocycles. The SMILES string of the molecule is CC(C)(C)OC(=O)N1Cc2ccccc2C[C@@H]1CC(=O)O. The molecule has 0 aromatic heterocycles. The van der Waals surface area contributed by atoms with Crippen molar-refractivity contribution in [3.05, 3.63) is 35.4 Å². The highest BCUT2D eigenvalue weighted by molar-refractivity contribution is 5.72. The van der Waals surface area contributed by atoms with Crippen LogP contribution in [0.1, 0.15) is 38.3 Å². The van der Waals surface area contributed by atoms with Gasteiger partial charge >= 0.3 is 12.1 Å². The molecule has 2 rings (SSSR count). The van der Waals surface area contributed by atoms with Crippen LogP contribution in [0, 0.1) is 0 Å². The molecule has 1 aromatic carbocycles. The molecule has 1 atom stereocenters. The van der Waals surface area contributed by atoms with Gasteiger partial charge in [-0.15, -0.1) is 0 Å². The highest BCUT2D eigenvalue weighted by Gasteiger charge is 2.33. The zero-order chi connectivity index (χ0) is 15.6. The number of rotatable bonds is 2. The van der Waals surface area contributed by atoms with Crippen LogP contribution in [0.2, 0.25) is 0 Å². The molecule has 0 radical (unpaired) electrons. The van der Waals surface area contributed by atoms with Gasteiger partial charge in [-0.25, -0.2) is 4.79 Å². The maximum atomic E-state index is 12.3. The van der Waals surface area contributed by atoms with Gasteiger partial charge in [-0.1, -0.05) is 24.3 Å². The van der Waals surface area contributed by atoms with Crippen LogP contribution in [0.5, 0.6) is 0 Å². The number of fused-ring (bicyclic) bond motifs is 1. The van der Waals surface area contributed by atoms with Gasteiger partial charge in [0.05, 0.1) is 6.42 Å². The monoisotopic (exact) mass is 291 g/mol. The smallest absolute Gasteiger partial charge is 0.410 e. The molecular weight excluding hydrogens is 270 g/mol. The molecule has 5 nitrogen and oxygen atoms in total. The number of aliphatic carboxylic acids is 1. The summed E-state index contributed by atoms with van der Waals surface area (Å²) in [5.41, 5.74) is 1.55. The molecule has 1 N–H and O–H groups in total. The fourth-order valence-corrected chi connectivity index (χ4v) is 2.51. The Morgan fingerprint density at radius 3 is 2.48 bits per heavy atom. The Kier molecular flexibility index (Phi) is 4.21. The van der Waals surface area contributed by atoms with Crippen LogP contribution in [0.15, 0.2) is 24.3 Å². The first-order valence-corrected chi connectivity index (χ1v) is 7.04. The van der Waals surface area contributed by atoms with E-state index in [9.17, 15) is 9.59 Å². The molecule has 21 heavy (non-hydrogen) atoms. The van der Waals surface area contributed by atoms with Gasteiger partial charge in [-0.2, -0.15) is 0 Å². The van der Waals surface area contributed by atoms with Crippen LogP contribution in [0.4, 0.5) is 4.79 Å². The van der Waals surface area contributed by atoms with E-state index in [1.54, 1.807) is 20.8 Å². The topological polar surface area (TPSA) is 66.8 Å². The number of carbonyl (C=O) groups is 2. The molecule has 1 aromatic rings. The van der Waals surface area contributed by atoms with Crippen LogP contribution in [-0.2, 0) is 22.5 Å². The zero-order valence-electron chi connectivity index (χ0n) is 12.6. The normalized spacial score (nSPS) is 18.0. The standard InChI is InChI=1S/C16H21NO4/c1-16(2,3)21-15(20)17-10-12-7-5-4-6-11(12)8-13(17)9-14(18)19/h4-7,13H,8-10H2,1-3H3,(H,18,19)/t13-/m1/s1. The van der Waals surface area contributed by atoms with Crippen LogP contribution >= 0.6 is 0 Å². The number of carboxylic acid groups (broad SMARTS) is 1. The van der Waals surface area contributed by atoms with Crippen LogP contribution < -0.4 is 0 Å². The summed E-state index contributed by atoms with van der Waals surface area (Å²) in [5, 5.41) is 9.07. The van der Waals surface area contributed by atoms with Crippen LogP contribution in [-0.4, -0.2) is 33.7 Å². The lowest BCUT2D eigenvalue weighted by atomic mass is 9.92. The lowest BCUT2D eigenvalue weighted by molar-refractivity contribution is -0.138. The summed E-state index contributed by atoms with van der Waals surface area (Å²) in [4.78, 5) is 24.9. The molecule has 0 unspecified atom stereocenters. The highest BCUT2D eigenvalue weighted by Crippen LogP contribution is 2.26. The highest BCUT2D eigenvalue weighted by atomic mass is 16.6. The summed E-state index contributed by atoms with van der Waals surface area (Å²) in [6.45, 7) is 5.79. The van der Waals surface area contributed by atoms with Crippen LogP contribution in [0.3, 0.4) is 0 Å². The van der Waals surface area contributed by atoms with Crippen molar-refractivity contribution < 1.29 is 19.4 Å². The molecule has 114 valence electrons. The minimum absolute atomic E-state index is 0.0758. The second kappa shape index (κ2) is 5.76. The van der Waals surface area contributed by atoms with Gasteiger partial charge in [0.1, 0.15) is 5.60 Å². The Bertz CT molecular complexity index is 547. The molecular formula is C16H21NO4. The number of carbonyl (C=O) groups excluding carboxylic acids is 1. The molecule has 0 spiro atoms. The van der Waals surface area contributed by atoms with Gasteiger partial charge < -0.3 is 9.84 Å². The van der Waals surface area contributed by atoms with Crippen molar-refractivity contribution in [1.82, 2.24) is 4.90 Å². The van der Waals surface area contributed by atoms with Gasteiger partial charge in [0.25, 0.3) is 0 Å². The third-order valence-electron chi connectivity index (χ3n) is 3.39. The Balaban J connectivity index is 2.24. The van der Waals surface area contributed by atoms with E-state index < -0.39 is 17.7 Å². The van der Waals surface area contributed by atoms with Crippen molar-refractivity contribution >= 4 is 12.1 Å². The summed E-state index contributed by atoms with van der Waals surface area (Å²) in [5.74, 6) is -0.909. The number of ether oxygens (including phenoxy) is 1. The largest absolute Gasteiger partial charge is 0.481 e. The fraction of sp³-hybridized carbons (Fsp3) is 0.500. The average Bonchev–Trinajstić information content (AvgIpc) is 2.35. The van der Waals surface area contributed by atoms with E-state index in [0.717, 1.165) is 11.1 Å². The molecule has 1 aliphatic heterocycles. The van der Waals surface area contributed by atoms with Gasteiger partial charge in [0.2, 0.25) is 0 Å². The third kappa shape index (κ3) is 3.97. The molecule has 0 bridgehead atoms. The van der Waals surface area contributed by atoms with E-state index in [2.05, 4.69) is 0 Å². The number of benzene rings is 1. The van der Waals surface area contributed by atoms with Crippen molar-refractivity contribution in [2.24, 2.45) is 0 Å². The number of carboxylic acids is 1. The Morgan fingerprint density at radius 2 is 1.90 bits per heavy atom. The second-order valence-corrected chi connectivity index (χ2v) is 6.33. The summed E-state index contributed by atoms with van der Waals surface area (Å²) >= 11 is 0. The van der Waals surface area contributed by atoms with Crippen LogP contribution in [0.25, 0.3) is 0 Å². The van der Waals surface area contributed by atoms with E-state index >= 15 is 0 Å². The first-order chi connectivity index (χ1) is 9.76. The molecule has 0 fully saturated rings. The lowest BCUT2D eigenvalue weighted by Crippen LogP contribution is -2.47. The van der Waals surface area contributed by atoms with E-state index in [1.165, 1.54) is 4.90 Å². The molecule has 1 amide bonds. The summed E-state index contributed by atoms with van der Waals surface area (Å²) in [6, 6.07) is 7.43. The van der Waals surface area contributed by atoms with E-state index in [0.29, 0.717) is 13.0 Å². The number of hydrogen-bond donors (Lipinski definition) is 1. The van der Waals surface area contributed by atoms with Crippen molar-refractivity contribution in [2.75, 3.05) is 0 Å². The molecule has 0 aliphatic carbocycles. The van der Waals surface area contributed by atoms with Crippen molar-refractivity contribution in [3.63, 3.8) is 0 Å². The van der Waals surface area contributed by atoms with E-state index in [1.807, 2.05) is 24.3 Å². The summed E-state index contributed by atoms with van der Waals surface area (Å²) < 4.78 is 5.40. The first-order valence-electron chi connectivity index (χ1n) is 7.04. The third-order valence-corrected chi connectivity index (χ3v) is 3.39. The van der Waals surface area contributed by atoms with E-state index in [4.69, 9.17) is 9.84 Å². The van der Waals surface area contributed by atoms with Crippen molar-refractivity contribution in [3.8, 4) is 0 Å². The van der Waals surface area contributed by atoms with Crippen molar-refractivity contribution in [2.45, 2.75) is 51.8 Å². The minimum atomic E-state index is -0.909. The first kappa shape index (κ1) is 15.4. The Morgan fingerprint density at radius 1 is 1.29 bits per heavy atom. The maximum absolute atomic E-state index is 12.3. The predicted molar refractivity (Wildman–Crippen MR) is 78.0 cm³/mol. The number of hydrogen-bond acceptors (Lipinski definition) is 3. The van der Waals surface area contributed by atoms with E-state index in [-0.39, 0.29) is 12.5 Å². The minimum Gasteiger partial charge on any atom is -0.481 e. The predicted octanol–water partition coefficient (Wildman–Crippen LogP) is 2.82. The number of nitrogens with zero attached hydrogens (tertiary/aromatic N) is 1. The zero-order valence-corrected chi connectivity index (χ0v) is 12.6. The quantitative estimate of drug-likeness (QED) is 0.910. The molecule has 0 saturated carbocycles. The fourth-order valence-electron chi connectivity index (χ4n) is 2.51. The Hall–Kier alpha value is -2.04. The van der Waals surface area contributed by atoms with Gasteiger partial charge in [0, 0.05) is 12.6 Å². The van der Waals surface area contributed by atoms with Gasteiger partial charge in [0.15, 0.2) is 0 Å². The number of amides is 1. The Labute approximate surface area is 124 Å². The summed E-state index contributed by atoms with van der Waals surface area (Å²) in [7, 11) is 0. The lowest BCUT2D eigenvalue weighted by Gasteiger charge is -2.37.